The quantitative estimate of drug-likeness (QED) is 0.490. The number of aliphatic imine (C=N–C) groups is 1. The predicted molar refractivity (Wildman–Crippen MR) is 97.5 cm³/mol. The molecule has 114 valence electrons. The third-order valence-electron chi connectivity index (χ3n) is 3.75. The number of halogens is 1. The second-order valence-electron chi connectivity index (χ2n) is 5.17. The number of nitrogens with zero attached hydrogens (tertiary/aromatic N) is 2. The lowest BCUT2D eigenvalue weighted by molar-refractivity contribution is 0.488. The molecule has 4 nitrogen and oxygen atoms in total. The number of likely N-dealkylation sites (tertiary alicyclic amines) is 1. The predicted octanol–water partition coefficient (Wildman–Crippen LogP) is 3.26. The van der Waals surface area contributed by atoms with E-state index >= 15 is 0 Å². The van der Waals surface area contributed by atoms with Crippen molar-refractivity contribution in [2.24, 2.45) is 4.99 Å². The first-order valence-corrected chi connectivity index (χ1v) is 7.30. The average Bonchev–Trinajstić information content (AvgIpc) is 3.12. The molecular weight excluding hydrogens is 377 g/mol. The number of guanidine groups is 1. The van der Waals surface area contributed by atoms with E-state index in [2.05, 4.69) is 27.3 Å². The van der Waals surface area contributed by atoms with E-state index in [9.17, 15) is 0 Å². The molecule has 1 aromatic heterocycles. The first kappa shape index (κ1) is 16.1. The minimum Gasteiger partial charge on any atom is -0.461 e. The molecule has 2 aromatic rings. The van der Waals surface area contributed by atoms with E-state index in [1.165, 1.54) is 18.2 Å². The number of hydrogen-bond donors (Lipinski definition) is 1. The molecule has 0 atom stereocenters. The molecule has 1 aliphatic rings. The summed E-state index contributed by atoms with van der Waals surface area (Å²) in [7, 11) is 1.85. The van der Waals surface area contributed by atoms with Gasteiger partial charge in [0.15, 0.2) is 5.96 Å². The summed E-state index contributed by atoms with van der Waals surface area (Å²) < 4.78 is 5.82. The van der Waals surface area contributed by atoms with Gasteiger partial charge < -0.3 is 14.6 Å². The Morgan fingerprint density at radius 2 is 2.05 bits per heavy atom. The summed E-state index contributed by atoms with van der Waals surface area (Å²) in [4.78, 5) is 6.66. The van der Waals surface area contributed by atoms with Crippen molar-refractivity contribution in [1.82, 2.24) is 10.2 Å². The smallest absolute Gasteiger partial charge is 0.193 e. The Kier molecular flexibility index (Phi) is 5.90. The summed E-state index contributed by atoms with van der Waals surface area (Å²) in [5.74, 6) is 2.04. The van der Waals surface area contributed by atoms with Crippen molar-refractivity contribution < 1.29 is 4.42 Å². The van der Waals surface area contributed by atoms with Crippen molar-refractivity contribution >= 4 is 40.9 Å². The maximum Gasteiger partial charge on any atom is 0.193 e. The summed E-state index contributed by atoms with van der Waals surface area (Å²) in [5.41, 5.74) is 0.964. The molecule has 5 heteroatoms. The van der Waals surface area contributed by atoms with Crippen molar-refractivity contribution in [1.29, 1.82) is 0 Å². The van der Waals surface area contributed by atoms with Crippen LogP contribution in [0.4, 0.5) is 0 Å². The van der Waals surface area contributed by atoms with Crippen LogP contribution in [-0.4, -0.2) is 37.5 Å². The van der Waals surface area contributed by atoms with Gasteiger partial charge in [-0.15, -0.1) is 24.0 Å². The van der Waals surface area contributed by atoms with Crippen LogP contribution >= 0.6 is 24.0 Å². The lowest BCUT2D eigenvalue weighted by Gasteiger charge is -2.20. The fraction of sp³-hybridized carbons (Fsp3) is 0.438. The van der Waals surface area contributed by atoms with Crippen LogP contribution < -0.4 is 5.32 Å². The molecule has 0 amide bonds. The first-order chi connectivity index (χ1) is 9.86. The lowest BCUT2D eigenvalue weighted by atomic mass is 10.2. The molecule has 1 aromatic carbocycles. The van der Waals surface area contributed by atoms with Crippen molar-refractivity contribution in [3.8, 4) is 0 Å². The lowest BCUT2D eigenvalue weighted by Crippen LogP contribution is -2.40. The van der Waals surface area contributed by atoms with Gasteiger partial charge in [0.25, 0.3) is 0 Å². The summed E-state index contributed by atoms with van der Waals surface area (Å²) >= 11 is 0. The number of fused-ring (bicyclic) bond motifs is 1. The van der Waals surface area contributed by atoms with Crippen LogP contribution in [0.2, 0.25) is 0 Å². The maximum atomic E-state index is 5.82. The summed E-state index contributed by atoms with van der Waals surface area (Å²) in [6.45, 7) is 3.08. The number of nitrogens with one attached hydrogen (secondary N) is 1. The Labute approximate surface area is 142 Å². The molecule has 1 aliphatic heterocycles. The number of furan rings is 1. The van der Waals surface area contributed by atoms with Crippen LogP contribution in [0.5, 0.6) is 0 Å². The third kappa shape index (κ3) is 3.90. The van der Waals surface area contributed by atoms with Gasteiger partial charge in [0.1, 0.15) is 11.3 Å². The molecule has 1 saturated heterocycles. The minimum absolute atomic E-state index is 0. The van der Waals surface area contributed by atoms with Crippen LogP contribution in [0.1, 0.15) is 18.6 Å². The highest BCUT2D eigenvalue weighted by Gasteiger charge is 2.15. The van der Waals surface area contributed by atoms with Gasteiger partial charge in [-0.3, -0.25) is 4.99 Å². The molecule has 21 heavy (non-hydrogen) atoms. The van der Waals surface area contributed by atoms with E-state index < -0.39 is 0 Å². The SMILES string of the molecule is CN=C(NCCc1cc2ccccc2o1)N1CCCC1.I. The Bertz CT molecular complexity index is 569. The van der Waals surface area contributed by atoms with Crippen molar-refractivity contribution in [3.63, 3.8) is 0 Å². The number of benzene rings is 1. The second kappa shape index (κ2) is 7.68. The monoisotopic (exact) mass is 399 g/mol. The second-order valence-corrected chi connectivity index (χ2v) is 5.17. The molecule has 0 saturated carbocycles. The minimum atomic E-state index is 0. The molecule has 0 radical (unpaired) electrons. The van der Waals surface area contributed by atoms with Crippen molar-refractivity contribution in [2.45, 2.75) is 19.3 Å². The van der Waals surface area contributed by atoms with Gasteiger partial charge >= 0.3 is 0 Å². The molecule has 0 bridgehead atoms. The number of hydrogen-bond acceptors (Lipinski definition) is 2. The molecular formula is C16H22IN3O. The standard InChI is InChI=1S/C16H21N3O.HI/c1-17-16(19-10-4-5-11-19)18-9-8-14-12-13-6-2-3-7-15(13)20-14;/h2-3,6-7,12H,4-5,8-11H2,1H3,(H,17,18);1H. The van der Waals surface area contributed by atoms with Crippen molar-refractivity contribution in [2.75, 3.05) is 26.7 Å². The van der Waals surface area contributed by atoms with Gasteiger partial charge in [-0.1, -0.05) is 18.2 Å². The van der Waals surface area contributed by atoms with Crippen LogP contribution in [0.25, 0.3) is 11.0 Å². The molecule has 0 unspecified atom stereocenters. The van der Waals surface area contributed by atoms with Gasteiger partial charge in [0.05, 0.1) is 0 Å². The van der Waals surface area contributed by atoms with E-state index in [4.69, 9.17) is 4.42 Å². The normalized spacial score (nSPS) is 15.3. The highest BCUT2D eigenvalue weighted by molar-refractivity contribution is 14.0. The zero-order chi connectivity index (χ0) is 13.8. The van der Waals surface area contributed by atoms with Gasteiger partial charge in [0, 0.05) is 38.5 Å². The highest BCUT2D eigenvalue weighted by atomic mass is 127. The molecule has 1 fully saturated rings. The third-order valence-corrected chi connectivity index (χ3v) is 3.75. The Morgan fingerprint density at radius 1 is 1.29 bits per heavy atom. The van der Waals surface area contributed by atoms with E-state index in [0.717, 1.165) is 43.4 Å². The van der Waals surface area contributed by atoms with E-state index in [1.54, 1.807) is 0 Å². The molecule has 0 aliphatic carbocycles. The van der Waals surface area contributed by atoms with Crippen LogP contribution in [0, 0.1) is 0 Å². The first-order valence-electron chi connectivity index (χ1n) is 7.30. The van der Waals surface area contributed by atoms with Crippen LogP contribution in [-0.2, 0) is 6.42 Å². The Balaban J connectivity index is 0.00000161. The van der Waals surface area contributed by atoms with Gasteiger partial charge in [0.2, 0.25) is 0 Å². The van der Waals surface area contributed by atoms with Crippen molar-refractivity contribution in [3.05, 3.63) is 36.1 Å². The maximum absolute atomic E-state index is 5.82. The van der Waals surface area contributed by atoms with Crippen LogP contribution in [0.3, 0.4) is 0 Å². The van der Waals surface area contributed by atoms with Gasteiger partial charge in [-0.2, -0.15) is 0 Å². The van der Waals surface area contributed by atoms with Gasteiger partial charge in [-0.05, 0) is 25.0 Å². The fourth-order valence-corrected chi connectivity index (χ4v) is 2.72. The Morgan fingerprint density at radius 3 is 2.76 bits per heavy atom. The summed E-state index contributed by atoms with van der Waals surface area (Å²) in [5, 5.41) is 4.59. The molecule has 3 rings (SSSR count). The molecule has 1 N–H and O–H groups in total. The van der Waals surface area contributed by atoms with E-state index in [-0.39, 0.29) is 24.0 Å². The topological polar surface area (TPSA) is 40.8 Å². The highest BCUT2D eigenvalue weighted by Crippen LogP contribution is 2.18. The van der Waals surface area contributed by atoms with E-state index in [1.807, 2.05) is 25.2 Å². The number of rotatable bonds is 3. The zero-order valence-electron chi connectivity index (χ0n) is 12.3. The average molecular weight is 399 g/mol. The summed E-state index contributed by atoms with van der Waals surface area (Å²) in [6.07, 6.45) is 3.41. The van der Waals surface area contributed by atoms with E-state index in [0.29, 0.717) is 0 Å². The molecule has 0 spiro atoms. The van der Waals surface area contributed by atoms with Crippen LogP contribution in [0.15, 0.2) is 39.7 Å². The Hall–Kier alpha value is -1.24. The fourth-order valence-electron chi connectivity index (χ4n) is 2.72. The molecule has 2 heterocycles. The zero-order valence-corrected chi connectivity index (χ0v) is 14.7. The summed E-state index contributed by atoms with van der Waals surface area (Å²) in [6, 6.07) is 10.3. The number of para-hydroxylation sites is 1. The van der Waals surface area contributed by atoms with Gasteiger partial charge in [-0.25, -0.2) is 0 Å². The largest absolute Gasteiger partial charge is 0.461 e.